The van der Waals surface area contributed by atoms with E-state index in [2.05, 4.69) is 21.8 Å². The van der Waals surface area contributed by atoms with Crippen LogP contribution in [0.3, 0.4) is 0 Å². The summed E-state index contributed by atoms with van der Waals surface area (Å²) in [4.78, 5) is 21.5. The van der Waals surface area contributed by atoms with Crippen molar-refractivity contribution in [1.29, 1.82) is 0 Å². The van der Waals surface area contributed by atoms with Crippen LogP contribution in [0.4, 0.5) is 0 Å². The Bertz CT molecular complexity index is 901. The molecular formula is C21H23N3O3. The van der Waals surface area contributed by atoms with Gasteiger partial charge in [0.15, 0.2) is 5.76 Å². The number of carbonyl (C=O) groups excluding carboxylic acids is 1. The lowest BCUT2D eigenvalue weighted by molar-refractivity contribution is 0.101. The predicted octanol–water partition coefficient (Wildman–Crippen LogP) is 2.46. The minimum absolute atomic E-state index is 0.147. The van der Waals surface area contributed by atoms with Crippen molar-refractivity contribution >= 4 is 11.9 Å². The van der Waals surface area contributed by atoms with Crippen LogP contribution in [0.5, 0.6) is 11.5 Å². The summed E-state index contributed by atoms with van der Waals surface area (Å²) in [6, 6.07) is 5.35. The quantitative estimate of drug-likeness (QED) is 0.843. The summed E-state index contributed by atoms with van der Waals surface area (Å²) < 4.78 is 5.97. The number of hydrogen-bond acceptors (Lipinski definition) is 6. The summed E-state index contributed by atoms with van der Waals surface area (Å²) in [6.45, 7) is 6.21. The van der Waals surface area contributed by atoms with E-state index < -0.39 is 0 Å². The average molecular weight is 365 g/mol. The van der Waals surface area contributed by atoms with E-state index in [1.807, 2.05) is 19.1 Å². The standard InChI is InChI=1S/C21H23N3O3/c1-14-10-17(25)16(13-24-8-6-23(2)7-9-24)21-19(14)20(26)18(27-21)11-15-4-3-5-22-12-15/h3-5,10-12,25H,6-9,13H2,1-2H3/b18-11-. The molecule has 140 valence electrons. The lowest BCUT2D eigenvalue weighted by Gasteiger charge is -2.32. The van der Waals surface area contributed by atoms with E-state index in [1.165, 1.54) is 0 Å². The number of likely N-dealkylation sites (N-methyl/N-ethyl adjacent to an activating group) is 1. The molecule has 3 heterocycles. The van der Waals surface area contributed by atoms with Gasteiger partial charge in [-0.1, -0.05) is 6.07 Å². The highest BCUT2D eigenvalue weighted by Crippen LogP contribution is 2.42. The van der Waals surface area contributed by atoms with Crippen LogP contribution in [0.15, 0.2) is 36.4 Å². The van der Waals surface area contributed by atoms with Gasteiger partial charge in [0.2, 0.25) is 5.78 Å². The Morgan fingerprint density at radius 2 is 2.07 bits per heavy atom. The smallest absolute Gasteiger partial charge is 0.232 e. The van der Waals surface area contributed by atoms with Gasteiger partial charge in [0.1, 0.15) is 11.5 Å². The van der Waals surface area contributed by atoms with Crippen LogP contribution >= 0.6 is 0 Å². The topological polar surface area (TPSA) is 65.9 Å². The number of phenolic OH excluding ortho intramolecular Hbond substituents is 1. The Hall–Kier alpha value is -2.70. The van der Waals surface area contributed by atoms with Crippen molar-refractivity contribution in [2.24, 2.45) is 0 Å². The van der Waals surface area contributed by atoms with Gasteiger partial charge in [0.25, 0.3) is 0 Å². The molecule has 1 aromatic carbocycles. The summed E-state index contributed by atoms with van der Waals surface area (Å²) >= 11 is 0. The average Bonchev–Trinajstić information content (AvgIpc) is 2.98. The molecule has 1 saturated heterocycles. The lowest BCUT2D eigenvalue weighted by atomic mass is 9.99. The van der Waals surface area contributed by atoms with E-state index in [9.17, 15) is 9.90 Å². The summed E-state index contributed by atoms with van der Waals surface area (Å²) in [5, 5.41) is 10.5. The number of carbonyl (C=O) groups is 1. The lowest BCUT2D eigenvalue weighted by Crippen LogP contribution is -2.43. The number of nitrogens with zero attached hydrogens (tertiary/aromatic N) is 3. The number of ether oxygens (including phenoxy) is 1. The Balaban J connectivity index is 1.67. The van der Waals surface area contributed by atoms with Crippen LogP contribution in [0.25, 0.3) is 6.08 Å². The third-order valence-corrected chi connectivity index (χ3v) is 5.18. The second-order valence-corrected chi connectivity index (χ2v) is 7.20. The van der Waals surface area contributed by atoms with Gasteiger partial charge in [-0.05, 0) is 43.3 Å². The van der Waals surface area contributed by atoms with Crippen LogP contribution in [-0.4, -0.2) is 58.9 Å². The molecule has 0 amide bonds. The largest absolute Gasteiger partial charge is 0.507 e. The molecule has 1 fully saturated rings. The summed E-state index contributed by atoms with van der Waals surface area (Å²) in [7, 11) is 2.11. The van der Waals surface area contributed by atoms with Gasteiger partial charge < -0.3 is 14.7 Å². The fourth-order valence-electron chi connectivity index (χ4n) is 3.58. The first-order valence-corrected chi connectivity index (χ1v) is 9.13. The van der Waals surface area contributed by atoms with Gasteiger partial charge in [-0.2, -0.15) is 0 Å². The van der Waals surface area contributed by atoms with Crippen molar-refractivity contribution < 1.29 is 14.6 Å². The maximum atomic E-state index is 12.9. The van der Waals surface area contributed by atoms with Gasteiger partial charge in [-0.25, -0.2) is 0 Å². The number of hydrogen-bond donors (Lipinski definition) is 1. The molecule has 6 heteroatoms. The molecular weight excluding hydrogens is 342 g/mol. The van der Waals surface area contributed by atoms with E-state index >= 15 is 0 Å². The Labute approximate surface area is 158 Å². The van der Waals surface area contributed by atoms with Gasteiger partial charge >= 0.3 is 0 Å². The van der Waals surface area contributed by atoms with Crippen LogP contribution < -0.4 is 4.74 Å². The minimum atomic E-state index is -0.147. The summed E-state index contributed by atoms with van der Waals surface area (Å²) in [5.41, 5.74) is 2.76. The molecule has 6 nitrogen and oxygen atoms in total. The van der Waals surface area contributed by atoms with E-state index in [0.717, 1.165) is 37.3 Å². The normalized spacial score (nSPS) is 19.3. The highest BCUT2D eigenvalue weighted by molar-refractivity contribution is 6.15. The fraction of sp³-hybridized carbons (Fsp3) is 0.333. The van der Waals surface area contributed by atoms with Crippen LogP contribution in [-0.2, 0) is 6.54 Å². The number of benzene rings is 1. The molecule has 27 heavy (non-hydrogen) atoms. The predicted molar refractivity (Wildman–Crippen MR) is 103 cm³/mol. The number of aromatic hydroxyl groups is 1. The monoisotopic (exact) mass is 365 g/mol. The van der Waals surface area contributed by atoms with E-state index in [0.29, 0.717) is 23.4 Å². The van der Waals surface area contributed by atoms with Crippen LogP contribution in [0.1, 0.15) is 27.0 Å². The number of piperazine rings is 1. The van der Waals surface area contributed by atoms with E-state index in [-0.39, 0.29) is 17.3 Å². The number of ketones is 1. The SMILES string of the molecule is Cc1cc(O)c(CN2CCN(C)CC2)c2c1C(=O)/C(=C/c1cccnc1)O2. The van der Waals surface area contributed by atoms with Crippen molar-refractivity contribution in [1.82, 2.24) is 14.8 Å². The molecule has 0 bridgehead atoms. The van der Waals surface area contributed by atoms with E-state index in [1.54, 1.807) is 24.5 Å². The number of rotatable bonds is 3. The number of allylic oxidation sites excluding steroid dienone is 1. The van der Waals surface area contributed by atoms with Gasteiger partial charge in [0.05, 0.1) is 11.1 Å². The molecule has 0 spiro atoms. The van der Waals surface area contributed by atoms with Gasteiger partial charge in [-0.15, -0.1) is 0 Å². The molecule has 2 aliphatic rings. The number of fused-ring (bicyclic) bond motifs is 1. The number of phenols is 1. The molecule has 1 aromatic heterocycles. The van der Waals surface area contributed by atoms with E-state index in [4.69, 9.17) is 4.74 Å². The summed E-state index contributed by atoms with van der Waals surface area (Å²) in [6.07, 6.45) is 5.07. The first-order valence-electron chi connectivity index (χ1n) is 9.13. The number of aromatic nitrogens is 1. The maximum Gasteiger partial charge on any atom is 0.232 e. The summed E-state index contributed by atoms with van der Waals surface area (Å²) in [5.74, 6) is 0.796. The molecule has 2 aromatic rings. The maximum absolute atomic E-state index is 12.9. The fourth-order valence-corrected chi connectivity index (χ4v) is 3.58. The van der Waals surface area contributed by atoms with Gasteiger partial charge in [-0.3, -0.25) is 14.7 Å². The highest BCUT2D eigenvalue weighted by atomic mass is 16.5. The van der Waals surface area contributed by atoms with Crippen LogP contribution in [0, 0.1) is 6.92 Å². The molecule has 0 saturated carbocycles. The highest BCUT2D eigenvalue weighted by Gasteiger charge is 2.33. The van der Waals surface area contributed by atoms with Crippen molar-refractivity contribution in [3.8, 4) is 11.5 Å². The zero-order valence-electron chi connectivity index (χ0n) is 15.6. The number of pyridine rings is 1. The first-order chi connectivity index (χ1) is 13.0. The molecule has 0 atom stereocenters. The molecule has 0 aliphatic carbocycles. The second kappa shape index (κ2) is 7.13. The number of Topliss-reactive ketones (excluding diaryl/α,β-unsaturated/α-hetero) is 1. The Kier molecular flexibility index (Phi) is 4.68. The molecule has 2 aliphatic heterocycles. The zero-order chi connectivity index (χ0) is 19.0. The Morgan fingerprint density at radius 1 is 1.30 bits per heavy atom. The first kappa shape index (κ1) is 17.7. The number of aryl methyl sites for hydroxylation is 1. The second-order valence-electron chi connectivity index (χ2n) is 7.20. The van der Waals surface area contributed by atoms with Crippen LogP contribution in [0.2, 0.25) is 0 Å². The molecule has 1 N–H and O–H groups in total. The van der Waals surface area contributed by atoms with Crippen molar-refractivity contribution in [3.63, 3.8) is 0 Å². The third-order valence-electron chi connectivity index (χ3n) is 5.18. The third kappa shape index (κ3) is 3.46. The van der Waals surface area contributed by atoms with Crippen molar-refractivity contribution in [3.05, 3.63) is 58.6 Å². The Morgan fingerprint density at radius 3 is 2.78 bits per heavy atom. The minimum Gasteiger partial charge on any atom is -0.507 e. The molecule has 0 radical (unpaired) electrons. The van der Waals surface area contributed by atoms with Crippen molar-refractivity contribution in [2.75, 3.05) is 33.2 Å². The van der Waals surface area contributed by atoms with Gasteiger partial charge in [0, 0.05) is 45.1 Å². The zero-order valence-corrected chi connectivity index (χ0v) is 15.6. The van der Waals surface area contributed by atoms with Crippen molar-refractivity contribution in [2.45, 2.75) is 13.5 Å². The molecule has 0 unspecified atom stereocenters. The molecule has 4 rings (SSSR count).